The number of benzene rings is 4. The largest absolute Gasteiger partial charge is 0.494 e. The molecule has 7 heteroatoms. The van der Waals surface area contributed by atoms with Crippen molar-refractivity contribution in [3.8, 4) is 11.5 Å². The van der Waals surface area contributed by atoms with Crippen LogP contribution >= 0.6 is 0 Å². The Morgan fingerprint density at radius 1 is 0.500 bits per heavy atom. The van der Waals surface area contributed by atoms with E-state index in [9.17, 15) is 14.4 Å². The first-order valence-corrected chi connectivity index (χ1v) is 12.3. The minimum Gasteiger partial charge on any atom is -0.494 e. The van der Waals surface area contributed by atoms with E-state index in [4.69, 9.17) is 9.47 Å². The van der Waals surface area contributed by atoms with Gasteiger partial charge in [-0.25, -0.2) is 0 Å². The van der Waals surface area contributed by atoms with Crippen molar-refractivity contribution in [2.45, 2.75) is 13.8 Å². The predicted molar refractivity (Wildman–Crippen MR) is 147 cm³/mol. The number of rotatable bonds is 10. The van der Waals surface area contributed by atoms with E-state index in [1.807, 2.05) is 13.8 Å². The number of ketones is 1. The fourth-order valence-corrected chi connectivity index (χ4v) is 3.72. The third kappa shape index (κ3) is 6.64. The van der Waals surface area contributed by atoms with E-state index in [-0.39, 0.29) is 17.6 Å². The molecule has 0 aliphatic carbocycles. The number of amides is 2. The monoisotopic (exact) mass is 508 g/mol. The zero-order valence-electron chi connectivity index (χ0n) is 21.2. The molecule has 0 aliphatic heterocycles. The van der Waals surface area contributed by atoms with Crippen molar-refractivity contribution in [3.63, 3.8) is 0 Å². The Balaban J connectivity index is 1.34. The van der Waals surface area contributed by atoms with Gasteiger partial charge in [0.05, 0.1) is 13.2 Å². The molecule has 4 rings (SSSR count). The number of ether oxygens (including phenoxy) is 2. The lowest BCUT2D eigenvalue weighted by atomic mass is 10.0. The van der Waals surface area contributed by atoms with Gasteiger partial charge in [-0.3, -0.25) is 14.4 Å². The van der Waals surface area contributed by atoms with Gasteiger partial charge >= 0.3 is 0 Å². The molecule has 38 heavy (non-hydrogen) atoms. The van der Waals surface area contributed by atoms with Crippen molar-refractivity contribution >= 4 is 29.0 Å². The van der Waals surface area contributed by atoms with Crippen LogP contribution < -0.4 is 20.1 Å². The Morgan fingerprint density at radius 3 is 1.13 bits per heavy atom. The van der Waals surface area contributed by atoms with Crippen LogP contribution in [0.3, 0.4) is 0 Å². The van der Waals surface area contributed by atoms with Crippen molar-refractivity contribution in [1.29, 1.82) is 0 Å². The van der Waals surface area contributed by atoms with E-state index in [0.29, 0.717) is 58.3 Å². The molecule has 4 aromatic carbocycles. The lowest BCUT2D eigenvalue weighted by Crippen LogP contribution is -2.12. The predicted octanol–water partition coefficient (Wildman–Crippen LogP) is 6.22. The third-order valence-corrected chi connectivity index (χ3v) is 5.66. The molecule has 2 N–H and O–H groups in total. The summed E-state index contributed by atoms with van der Waals surface area (Å²) in [6.07, 6.45) is 0. The normalized spacial score (nSPS) is 10.4. The molecular formula is C31H28N2O5. The summed E-state index contributed by atoms with van der Waals surface area (Å²) in [5, 5.41) is 5.65. The zero-order valence-corrected chi connectivity index (χ0v) is 21.2. The van der Waals surface area contributed by atoms with Gasteiger partial charge < -0.3 is 20.1 Å². The van der Waals surface area contributed by atoms with Crippen LogP contribution in [-0.2, 0) is 0 Å². The van der Waals surface area contributed by atoms with Crippen LogP contribution in [0.4, 0.5) is 11.4 Å². The Labute approximate surface area is 221 Å². The summed E-state index contributed by atoms with van der Waals surface area (Å²) in [5.41, 5.74) is 3.12. The van der Waals surface area contributed by atoms with Crippen molar-refractivity contribution in [2.24, 2.45) is 0 Å². The van der Waals surface area contributed by atoms with Crippen LogP contribution in [0.15, 0.2) is 97.1 Å². The van der Waals surface area contributed by atoms with Crippen molar-refractivity contribution < 1.29 is 23.9 Å². The maximum absolute atomic E-state index is 12.9. The van der Waals surface area contributed by atoms with Gasteiger partial charge in [-0.15, -0.1) is 0 Å². The minimum atomic E-state index is -0.255. The Hall–Kier alpha value is -4.91. The van der Waals surface area contributed by atoms with Crippen LogP contribution in [0.25, 0.3) is 0 Å². The SMILES string of the molecule is CCOc1ccc(C(=O)Nc2ccc(C(=O)c3ccc(NC(=O)c4ccc(OCC)cc4)cc3)cc2)cc1. The molecular weight excluding hydrogens is 480 g/mol. The van der Waals surface area contributed by atoms with Crippen molar-refractivity contribution in [3.05, 3.63) is 119 Å². The van der Waals surface area contributed by atoms with E-state index < -0.39 is 0 Å². The summed E-state index contributed by atoms with van der Waals surface area (Å²) in [4.78, 5) is 37.9. The van der Waals surface area contributed by atoms with Gasteiger partial charge in [0.1, 0.15) is 11.5 Å². The van der Waals surface area contributed by atoms with Gasteiger partial charge in [0, 0.05) is 33.6 Å². The fourth-order valence-electron chi connectivity index (χ4n) is 3.72. The smallest absolute Gasteiger partial charge is 0.255 e. The molecule has 2 amide bonds. The number of anilines is 2. The highest BCUT2D eigenvalue weighted by Gasteiger charge is 2.12. The summed E-state index contributed by atoms with van der Waals surface area (Å²) >= 11 is 0. The summed E-state index contributed by atoms with van der Waals surface area (Å²) < 4.78 is 10.8. The first kappa shape index (κ1) is 26.2. The van der Waals surface area contributed by atoms with Crippen molar-refractivity contribution in [2.75, 3.05) is 23.8 Å². The Kier molecular flexibility index (Phi) is 8.51. The highest BCUT2D eigenvalue weighted by atomic mass is 16.5. The molecule has 4 aromatic rings. The van der Waals surface area contributed by atoms with Crippen LogP contribution in [0.1, 0.15) is 50.5 Å². The van der Waals surface area contributed by atoms with E-state index in [0.717, 1.165) is 0 Å². The molecule has 0 atom stereocenters. The van der Waals surface area contributed by atoms with E-state index >= 15 is 0 Å². The second-order valence-corrected chi connectivity index (χ2v) is 8.31. The summed E-state index contributed by atoms with van der Waals surface area (Å²) in [6.45, 7) is 4.91. The molecule has 0 heterocycles. The lowest BCUT2D eigenvalue weighted by Gasteiger charge is -2.09. The minimum absolute atomic E-state index is 0.168. The Morgan fingerprint density at radius 2 is 0.816 bits per heavy atom. The quantitative estimate of drug-likeness (QED) is 0.248. The second-order valence-electron chi connectivity index (χ2n) is 8.31. The van der Waals surface area contributed by atoms with Crippen LogP contribution in [0.5, 0.6) is 11.5 Å². The number of hydrogen-bond acceptors (Lipinski definition) is 5. The van der Waals surface area contributed by atoms with Crippen molar-refractivity contribution in [1.82, 2.24) is 0 Å². The van der Waals surface area contributed by atoms with Gasteiger partial charge in [0.15, 0.2) is 5.78 Å². The summed E-state index contributed by atoms with van der Waals surface area (Å²) in [7, 11) is 0. The molecule has 0 saturated heterocycles. The molecule has 0 spiro atoms. The van der Waals surface area contributed by atoms with Gasteiger partial charge in [0.25, 0.3) is 11.8 Å². The van der Waals surface area contributed by atoms with Crippen LogP contribution in [0.2, 0.25) is 0 Å². The molecule has 0 aliphatic rings. The first-order chi connectivity index (χ1) is 18.5. The highest BCUT2D eigenvalue weighted by molar-refractivity contribution is 6.10. The number of hydrogen-bond donors (Lipinski definition) is 2. The van der Waals surface area contributed by atoms with Gasteiger partial charge in [0.2, 0.25) is 0 Å². The fraction of sp³-hybridized carbons (Fsp3) is 0.129. The number of nitrogens with one attached hydrogen (secondary N) is 2. The van der Waals surface area contributed by atoms with Crippen LogP contribution in [-0.4, -0.2) is 30.8 Å². The molecule has 7 nitrogen and oxygen atoms in total. The molecule has 0 unspecified atom stereocenters. The van der Waals surface area contributed by atoms with E-state index in [2.05, 4.69) is 10.6 Å². The third-order valence-electron chi connectivity index (χ3n) is 5.66. The molecule has 0 radical (unpaired) electrons. The first-order valence-electron chi connectivity index (χ1n) is 12.3. The number of carbonyl (C=O) groups is 3. The average molecular weight is 509 g/mol. The van der Waals surface area contributed by atoms with E-state index in [1.165, 1.54) is 0 Å². The molecule has 0 fully saturated rings. The molecule has 0 bridgehead atoms. The zero-order chi connectivity index (χ0) is 26.9. The maximum atomic E-state index is 12.9. The Bertz CT molecular complexity index is 1290. The average Bonchev–Trinajstić information content (AvgIpc) is 2.94. The molecule has 0 saturated carbocycles. The van der Waals surface area contributed by atoms with Gasteiger partial charge in [-0.2, -0.15) is 0 Å². The standard InChI is InChI=1S/C31H28N2O5/c1-3-37-27-17-9-23(10-18-27)30(35)32-25-13-5-21(6-14-25)29(34)22-7-15-26(16-8-22)33-31(36)24-11-19-28(20-12-24)38-4-2/h5-20H,3-4H2,1-2H3,(H,32,35)(H,33,36). The topological polar surface area (TPSA) is 93.7 Å². The number of carbonyl (C=O) groups excluding carboxylic acids is 3. The molecule has 192 valence electrons. The second kappa shape index (κ2) is 12.4. The van der Waals surface area contributed by atoms with Crippen LogP contribution in [0, 0.1) is 0 Å². The lowest BCUT2D eigenvalue weighted by molar-refractivity contribution is 0.101. The van der Waals surface area contributed by atoms with E-state index in [1.54, 1.807) is 97.1 Å². The van der Waals surface area contributed by atoms with Gasteiger partial charge in [-0.05, 0) is 111 Å². The summed E-state index contributed by atoms with van der Waals surface area (Å²) in [6, 6.07) is 27.2. The summed E-state index contributed by atoms with van der Waals surface area (Å²) in [5.74, 6) is 0.730. The molecule has 0 aromatic heterocycles. The van der Waals surface area contributed by atoms with Gasteiger partial charge in [-0.1, -0.05) is 0 Å². The highest BCUT2D eigenvalue weighted by Crippen LogP contribution is 2.19. The maximum Gasteiger partial charge on any atom is 0.255 e.